The van der Waals surface area contributed by atoms with Crippen LogP contribution in [0.15, 0.2) is 23.4 Å². The summed E-state index contributed by atoms with van der Waals surface area (Å²) in [4.78, 5) is 23.8. The molecule has 0 radical (unpaired) electrons. The fraction of sp³-hybridized carbons (Fsp3) is 0.500. The Kier molecular flexibility index (Phi) is 4.07. The summed E-state index contributed by atoms with van der Waals surface area (Å²) in [5.41, 5.74) is 1.52. The fourth-order valence-corrected chi connectivity index (χ4v) is 2.28. The second-order valence-electron chi connectivity index (χ2n) is 5.39. The molecule has 1 aromatic carbocycles. The average Bonchev–Trinajstić information content (AvgIpc) is 2.41. The van der Waals surface area contributed by atoms with E-state index in [1.165, 1.54) is 0 Å². The summed E-state index contributed by atoms with van der Waals surface area (Å²) in [7, 11) is 0. The van der Waals surface area contributed by atoms with E-state index in [1.54, 1.807) is 12.1 Å². The van der Waals surface area contributed by atoms with Gasteiger partial charge in [-0.15, -0.1) is 4.91 Å². The molecule has 5 nitrogen and oxygen atoms in total. The van der Waals surface area contributed by atoms with Gasteiger partial charge in [-0.1, -0.05) is 6.07 Å². The number of rotatable bonds is 4. The number of hydrogen-bond donors (Lipinski definition) is 0. The first-order chi connectivity index (χ1) is 9.06. The van der Waals surface area contributed by atoms with E-state index in [2.05, 4.69) is 23.9 Å². The van der Waals surface area contributed by atoms with Gasteiger partial charge in [-0.3, -0.25) is 9.69 Å². The summed E-state index contributed by atoms with van der Waals surface area (Å²) in [6.07, 6.45) is 0.671. The maximum absolute atomic E-state index is 10.9. The second-order valence-corrected chi connectivity index (χ2v) is 5.39. The van der Waals surface area contributed by atoms with Crippen molar-refractivity contribution in [2.24, 2.45) is 5.18 Å². The van der Waals surface area contributed by atoms with Gasteiger partial charge in [0.05, 0.1) is 13.2 Å². The number of carbonyl (C=O) groups excluding carboxylic acids is 1. The van der Waals surface area contributed by atoms with Crippen LogP contribution in [0.4, 0.5) is 5.69 Å². The van der Waals surface area contributed by atoms with E-state index in [4.69, 9.17) is 4.74 Å². The minimum absolute atomic E-state index is 0.0266. The highest BCUT2D eigenvalue weighted by Crippen LogP contribution is 2.24. The van der Waals surface area contributed by atoms with Gasteiger partial charge in [0.15, 0.2) is 6.29 Å². The van der Waals surface area contributed by atoms with Crippen molar-refractivity contribution in [2.75, 3.05) is 19.8 Å². The molecular weight excluding hydrogens is 244 g/mol. The van der Waals surface area contributed by atoms with E-state index >= 15 is 0 Å². The number of ether oxygens (including phenoxy) is 1. The van der Waals surface area contributed by atoms with Crippen LogP contribution in [0, 0.1) is 4.91 Å². The van der Waals surface area contributed by atoms with Gasteiger partial charge in [-0.25, -0.2) is 0 Å². The molecule has 0 amide bonds. The standard InChI is InChI=1S/C14H18N2O3/c1-14(2)10-19-6-5-16(14)8-11-3-4-13(15-18)12(7-11)9-17/h3-4,7,9H,5-6,8,10H2,1-2H3. The van der Waals surface area contributed by atoms with E-state index in [0.29, 0.717) is 18.5 Å². The summed E-state index contributed by atoms with van der Waals surface area (Å²) in [5, 5.41) is 2.84. The highest BCUT2D eigenvalue weighted by Gasteiger charge is 2.30. The Balaban J connectivity index is 2.18. The highest BCUT2D eigenvalue weighted by molar-refractivity contribution is 5.83. The Labute approximate surface area is 112 Å². The molecule has 0 aromatic heterocycles. The van der Waals surface area contributed by atoms with Crippen molar-refractivity contribution in [3.05, 3.63) is 34.2 Å². The zero-order chi connectivity index (χ0) is 13.9. The van der Waals surface area contributed by atoms with Gasteiger partial charge in [-0.2, -0.15) is 0 Å². The largest absolute Gasteiger partial charge is 0.378 e. The van der Waals surface area contributed by atoms with Gasteiger partial charge in [0, 0.05) is 24.2 Å². The third kappa shape index (κ3) is 3.05. The molecule has 0 N–H and O–H groups in total. The Morgan fingerprint density at radius 1 is 1.47 bits per heavy atom. The highest BCUT2D eigenvalue weighted by atomic mass is 16.5. The third-order valence-electron chi connectivity index (χ3n) is 3.51. The number of carbonyl (C=O) groups is 1. The number of nitrogens with zero attached hydrogens (tertiary/aromatic N) is 2. The third-order valence-corrected chi connectivity index (χ3v) is 3.51. The van der Waals surface area contributed by atoms with Gasteiger partial charge in [-0.05, 0) is 36.7 Å². The topological polar surface area (TPSA) is 59.0 Å². The van der Waals surface area contributed by atoms with Gasteiger partial charge in [0.25, 0.3) is 0 Å². The summed E-state index contributed by atoms with van der Waals surface area (Å²) < 4.78 is 5.48. The first kappa shape index (κ1) is 13.8. The van der Waals surface area contributed by atoms with Gasteiger partial charge >= 0.3 is 0 Å². The van der Waals surface area contributed by atoms with Crippen molar-refractivity contribution in [3.63, 3.8) is 0 Å². The Hall–Kier alpha value is -1.59. The molecule has 0 saturated carbocycles. The second kappa shape index (κ2) is 5.59. The minimum atomic E-state index is -0.0266. The normalized spacial score (nSPS) is 19.1. The van der Waals surface area contributed by atoms with Crippen LogP contribution in [0.3, 0.4) is 0 Å². The first-order valence-corrected chi connectivity index (χ1v) is 6.31. The average molecular weight is 262 g/mol. The van der Waals surface area contributed by atoms with Crippen molar-refractivity contribution >= 4 is 12.0 Å². The maximum Gasteiger partial charge on any atom is 0.152 e. The predicted octanol–water partition coefficient (Wildman–Crippen LogP) is 2.51. The molecule has 0 aliphatic carbocycles. The molecule has 5 heteroatoms. The van der Waals surface area contributed by atoms with Crippen LogP contribution in [0.5, 0.6) is 0 Å². The molecule has 102 valence electrons. The monoisotopic (exact) mass is 262 g/mol. The quantitative estimate of drug-likeness (QED) is 0.618. The first-order valence-electron chi connectivity index (χ1n) is 6.31. The van der Waals surface area contributed by atoms with Crippen molar-refractivity contribution < 1.29 is 9.53 Å². The molecule has 0 unspecified atom stereocenters. The Morgan fingerprint density at radius 3 is 2.89 bits per heavy atom. The number of morpholine rings is 1. The molecule has 1 aliphatic rings. The van der Waals surface area contributed by atoms with Crippen LogP contribution in [0.2, 0.25) is 0 Å². The molecule has 2 rings (SSSR count). The molecular formula is C14H18N2O3. The molecule has 1 saturated heterocycles. The summed E-state index contributed by atoms with van der Waals surface area (Å²) in [6.45, 7) is 7.27. The van der Waals surface area contributed by atoms with Gasteiger partial charge < -0.3 is 4.74 Å². The van der Waals surface area contributed by atoms with Crippen molar-refractivity contribution in [1.82, 2.24) is 4.90 Å². The van der Waals surface area contributed by atoms with E-state index < -0.39 is 0 Å². The van der Waals surface area contributed by atoms with Crippen LogP contribution in [-0.2, 0) is 11.3 Å². The summed E-state index contributed by atoms with van der Waals surface area (Å²) >= 11 is 0. The minimum Gasteiger partial charge on any atom is -0.378 e. The lowest BCUT2D eigenvalue weighted by Crippen LogP contribution is -2.52. The van der Waals surface area contributed by atoms with Crippen LogP contribution >= 0.6 is 0 Å². The zero-order valence-corrected chi connectivity index (χ0v) is 11.3. The molecule has 0 bridgehead atoms. The van der Waals surface area contributed by atoms with Crippen molar-refractivity contribution in [3.8, 4) is 0 Å². The van der Waals surface area contributed by atoms with E-state index in [0.717, 1.165) is 25.3 Å². The Bertz CT molecular complexity index is 486. The Morgan fingerprint density at radius 2 is 2.26 bits per heavy atom. The molecule has 1 fully saturated rings. The molecule has 1 heterocycles. The molecule has 1 aliphatic heterocycles. The van der Waals surface area contributed by atoms with Crippen molar-refractivity contribution in [1.29, 1.82) is 0 Å². The smallest absolute Gasteiger partial charge is 0.152 e. The van der Waals surface area contributed by atoms with Crippen LogP contribution in [0.25, 0.3) is 0 Å². The van der Waals surface area contributed by atoms with Gasteiger partial charge in [0.1, 0.15) is 5.69 Å². The van der Waals surface area contributed by atoms with Crippen molar-refractivity contribution in [2.45, 2.75) is 25.9 Å². The lowest BCUT2D eigenvalue weighted by molar-refractivity contribution is -0.0552. The van der Waals surface area contributed by atoms with E-state index in [1.807, 2.05) is 6.07 Å². The van der Waals surface area contributed by atoms with E-state index in [9.17, 15) is 9.70 Å². The number of aldehydes is 1. The molecule has 19 heavy (non-hydrogen) atoms. The molecule has 1 aromatic rings. The van der Waals surface area contributed by atoms with Crippen LogP contribution in [-0.4, -0.2) is 36.5 Å². The number of nitroso groups, excluding NO2 is 1. The maximum atomic E-state index is 10.9. The zero-order valence-electron chi connectivity index (χ0n) is 11.3. The lowest BCUT2D eigenvalue weighted by Gasteiger charge is -2.42. The fourth-order valence-electron chi connectivity index (χ4n) is 2.28. The number of benzene rings is 1. The molecule has 0 atom stereocenters. The van der Waals surface area contributed by atoms with Crippen LogP contribution in [0.1, 0.15) is 29.8 Å². The summed E-state index contributed by atoms with van der Waals surface area (Å²) in [6, 6.07) is 5.17. The number of hydrogen-bond acceptors (Lipinski definition) is 5. The molecule has 0 spiro atoms. The van der Waals surface area contributed by atoms with Crippen LogP contribution < -0.4 is 0 Å². The SMILES string of the molecule is CC1(C)COCCN1Cc1ccc(N=O)c(C=O)c1. The van der Waals surface area contributed by atoms with E-state index in [-0.39, 0.29) is 11.2 Å². The summed E-state index contributed by atoms with van der Waals surface area (Å²) in [5.74, 6) is 0. The predicted molar refractivity (Wildman–Crippen MR) is 72.6 cm³/mol. The van der Waals surface area contributed by atoms with Gasteiger partial charge in [0.2, 0.25) is 0 Å². The lowest BCUT2D eigenvalue weighted by atomic mass is 10.0.